The number of esters is 1. The number of hydrogen-bond donors (Lipinski definition) is 0. The Hall–Kier alpha value is -2.89. The molecule has 2 amide bonds. The van der Waals surface area contributed by atoms with Gasteiger partial charge in [0.15, 0.2) is 0 Å². The smallest absolute Gasteiger partial charge is 0.379 e. The Morgan fingerprint density at radius 2 is 1.92 bits per heavy atom. The summed E-state index contributed by atoms with van der Waals surface area (Å²) < 4.78 is 10.3. The number of carbonyl (C=O) groups excluding carboxylic acids is 3. The van der Waals surface area contributed by atoms with Crippen molar-refractivity contribution in [1.82, 2.24) is 0 Å². The minimum atomic E-state index is -0.631. The van der Waals surface area contributed by atoms with Gasteiger partial charge in [0, 0.05) is 6.07 Å². The highest BCUT2D eigenvalue weighted by Gasteiger charge is 2.50. The van der Waals surface area contributed by atoms with Crippen molar-refractivity contribution in [1.29, 1.82) is 0 Å². The van der Waals surface area contributed by atoms with Crippen LogP contribution in [0.5, 0.6) is 5.75 Å². The Morgan fingerprint density at radius 3 is 2.69 bits per heavy atom. The van der Waals surface area contributed by atoms with E-state index in [1.807, 2.05) is 0 Å². The molecule has 1 saturated carbocycles. The number of ether oxygens (including phenoxy) is 1. The van der Waals surface area contributed by atoms with Crippen LogP contribution < -0.4 is 9.64 Å². The minimum absolute atomic E-state index is 0.0868. The number of carbonyl (C=O) groups is 3. The number of fused-ring (bicyclic) bond motifs is 1. The molecule has 1 saturated heterocycles. The predicted octanol–water partition coefficient (Wildman–Crippen LogP) is 3.42. The number of benzene rings is 1. The highest BCUT2D eigenvalue weighted by molar-refractivity contribution is 6.22. The molecule has 1 aliphatic carbocycles. The number of furan rings is 1. The maximum absolute atomic E-state index is 12.8. The highest BCUT2D eigenvalue weighted by Crippen LogP contribution is 2.42. The van der Waals surface area contributed by atoms with E-state index >= 15 is 0 Å². The van der Waals surface area contributed by atoms with Crippen LogP contribution in [0.15, 0.2) is 47.1 Å². The average molecular weight is 353 g/mol. The van der Waals surface area contributed by atoms with Gasteiger partial charge in [0.25, 0.3) is 0 Å². The summed E-state index contributed by atoms with van der Waals surface area (Å²) in [4.78, 5) is 38.8. The van der Waals surface area contributed by atoms with Gasteiger partial charge in [-0.2, -0.15) is 0 Å². The Morgan fingerprint density at radius 1 is 1.12 bits per heavy atom. The molecule has 0 spiro atoms. The second-order valence-electron chi connectivity index (χ2n) is 7.01. The van der Waals surface area contributed by atoms with Crippen LogP contribution in [0.2, 0.25) is 0 Å². The molecule has 1 aliphatic heterocycles. The lowest BCUT2D eigenvalue weighted by Gasteiger charge is -2.25. The lowest BCUT2D eigenvalue weighted by atomic mass is 9.76. The maximum atomic E-state index is 12.8. The predicted molar refractivity (Wildman–Crippen MR) is 92.6 cm³/mol. The van der Waals surface area contributed by atoms with Gasteiger partial charge in [-0.25, -0.2) is 9.69 Å². The maximum Gasteiger partial charge on any atom is 0.379 e. The summed E-state index contributed by atoms with van der Waals surface area (Å²) in [6.45, 7) is 2.12. The summed E-state index contributed by atoms with van der Waals surface area (Å²) >= 11 is 0. The molecule has 2 aromatic rings. The number of anilines is 1. The van der Waals surface area contributed by atoms with E-state index in [1.165, 1.54) is 23.3 Å². The van der Waals surface area contributed by atoms with Crippen molar-refractivity contribution in [2.75, 3.05) is 4.90 Å². The highest BCUT2D eigenvalue weighted by atomic mass is 16.5. The topological polar surface area (TPSA) is 76.8 Å². The van der Waals surface area contributed by atoms with Crippen molar-refractivity contribution in [3.63, 3.8) is 0 Å². The molecule has 6 nitrogen and oxygen atoms in total. The van der Waals surface area contributed by atoms with Crippen LogP contribution in [0.25, 0.3) is 0 Å². The summed E-state index contributed by atoms with van der Waals surface area (Å²) in [6.07, 6.45) is 3.85. The zero-order valence-corrected chi connectivity index (χ0v) is 14.4. The van der Waals surface area contributed by atoms with Crippen LogP contribution >= 0.6 is 0 Å². The van der Waals surface area contributed by atoms with Gasteiger partial charge in [-0.1, -0.05) is 13.0 Å². The second kappa shape index (κ2) is 6.44. The second-order valence-corrected chi connectivity index (χ2v) is 7.01. The van der Waals surface area contributed by atoms with Crippen molar-refractivity contribution in [2.45, 2.75) is 26.2 Å². The largest absolute Gasteiger partial charge is 0.457 e. The first-order valence-corrected chi connectivity index (χ1v) is 8.78. The van der Waals surface area contributed by atoms with Gasteiger partial charge in [-0.3, -0.25) is 9.59 Å². The third-order valence-electron chi connectivity index (χ3n) is 5.20. The molecule has 2 fully saturated rings. The summed E-state index contributed by atoms with van der Waals surface area (Å²) in [6, 6.07) is 9.58. The monoisotopic (exact) mass is 353 g/mol. The van der Waals surface area contributed by atoms with Crippen molar-refractivity contribution < 1.29 is 23.5 Å². The molecular formula is C20H19NO5. The molecular weight excluding hydrogens is 334 g/mol. The molecule has 4 rings (SSSR count). The lowest BCUT2D eigenvalue weighted by molar-refractivity contribution is -0.122. The van der Waals surface area contributed by atoms with E-state index in [-0.39, 0.29) is 35.2 Å². The molecule has 0 radical (unpaired) electrons. The fraction of sp³-hybridized carbons (Fsp3) is 0.350. The van der Waals surface area contributed by atoms with E-state index in [1.54, 1.807) is 24.3 Å². The van der Waals surface area contributed by atoms with Crippen LogP contribution in [-0.4, -0.2) is 17.8 Å². The molecule has 6 heteroatoms. The number of rotatable bonds is 3. The zero-order valence-electron chi connectivity index (χ0n) is 14.4. The molecule has 134 valence electrons. The first-order chi connectivity index (χ1) is 12.5. The van der Waals surface area contributed by atoms with Crippen LogP contribution in [0.1, 0.15) is 36.7 Å². The lowest BCUT2D eigenvalue weighted by Crippen LogP contribution is -2.30. The summed E-state index contributed by atoms with van der Waals surface area (Å²) in [5, 5.41) is 0. The first-order valence-electron chi connectivity index (χ1n) is 8.78. The van der Waals surface area contributed by atoms with Gasteiger partial charge in [0.2, 0.25) is 17.6 Å². The quantitative estimate of drug-likeness (QED) is 0.480. The molecule has 0 N–H and O–H groups in total. The van der Waals surface area contributed by atoms with E-state index in [0.29, 0.717) is 11.6 Å². The summed E-state index contributed by atoms with van der Waals surface area (Å²) in [5.41, 5.74) is 0.437. The minimum Gasteiger partial charge on any atom is -0.457 e. The number of imide groups is 1. The molecule has 3 atom stereocenters. The van der Waals surface area contributed by atoms with Gasteiger partial charge < -0.3 is 9.15 Å². The fourth-order valence-electron chi connectivity index (χ4n) is 3.88. The standard InChI is InChI=1S/C20H19NO5/c1-12-7-8-15-16(10-12)19(23)21(18(15)22)13-4-2-5-14(11-13)26-20(24)17-6-3-9-25-17/h2-6,9,11-12,15-16H,7-8,10H2,1H3/t12-,15-,16+/m0/s1. The normalized spacial score (nSPS) is 25.3. The van der Waals surface area contributed by atoms with E-state index in [4.69, 9.17) is 9.15 Å². The molecule has 0 bridgehead atoms. The van der Waals surface area contributed by atoms with Gasteiger partial charge in [0.05, 0.1) is 23.8 Å². The SMILES string of the molecule is C[C@H]1CC[C@@H]2C(=O)N(c3cccc(OC(=O)c4ccco4)c3)C(=O)[C@@H]2C1. The van der Waals surface area contributed by atoms with Crippen molar-refractivity contribution >= 4 is 23.5 Å². The number of nitrogens with zero attached hydrogens (tertiary/aromatic N) is 1. The van der Waals surface area contributed by atoms with Gasteiger partial charge in [-0.15, -0.1) is 0 Å². The Kier molecular flexibility index (Phi) is 4.11. The van der Waals surface area contributed by atoms with Crippen LogP contribution in [0, 0.1) is 17.8 Å². The third-order valence-corrected chi connectivity index (χ3v) is 5.20. The van der Waals surface area contributed by atoms with Crippen LogP contribution in [0.4, 0.5) is 5.69 Å². The number of amides is 2. The first kappa shape index (κ1) is 16.6. The van der Waals surface area contributed by atoms with Crippen molar-refractivity contribution in [3.8, 4) is 5.75 Å². The van der Waals surface area contributed by atoms with E-state index in [0.717, 1.165) is 19.3 Å². The molecule has 2 aliphatic rings. The molecule has 2 heterocycles. The zero-order chi connectivity index (χ0) is 18.3. The third kappa shape index (κ3) is 2.81. The van der Waals surface area contributed by atoms with Crippen LogP contribution in [0.3, 0.4) is 0 Å². The molecule has 1 aromatic carbocycles. The molecule has 26 heavy (non-hydrogen) atoms. The Labute approximate surface area is 150 Å². The van der Waals surface area contributed by atoms with E-state index in [9.17, 15) is 14.4 Å². The fourth-order valence-corrected chi connectivity index (χ4v) is 3.88. The molecule has 0 unspecified atom stereocenters. The summed E-state index contributed by atoms with van der Waals surface area (Å²) in [5.74, 6) is -0.602. The van der Waals surface area contributed by atoms with Gasteiger partial charge >= 0.3 is 5.97 Å². The Balaban J connectivity index is 1.57. The van der Waals surface area contributed by atoms with Gasteiger partial charge in [-0.05, 0) is 49.4 Å². The average Bonchev–Trinajstić information content (AvgIpc) is 3.23. The van der Waals surface area contributed by atoms with E-state index < -0.39 is 5.97 Å². The number of hydrogen-bond acceptors (Lipinski definition) is 5. The summed E-state index contributed by atoms with van der Waals surface area (Å²) in [7, 11) is 0. The Bertz CT molecular complexity index is 857. The van der Waals surface area contributed by atoms with Gasteiger partial charge in [0.1, 0.15) is 5.75 Å². The van der Waals surface area contributed by atoms with Crippen LogP contribution in [-0.2, 0) is 9.59 Å². The van der Waals surface area contributed by atoms with Crippen molar-refractivity contribution in [3.05, 3.63) is 48.4 Å². The van der Waals surface area contributed by atoms with Crippen molar-refractivity contribution in [2.24, 2.45) is 17.8 Å². The molecule has 1 aromatic heterocycles. The van der Waals surface area contributed by atoms with E-state index in [2.05, 4.69) is 6.92 Å².